The third-order valence-electron chi connectivity index (χ3n) is 25.8. The van der Waals surface area contributed by atoms with E-state index >= 15 is 0 Å². The van der Waals surface area contributed by atoms with Crippen LogP contribution in [0.1, 0.15) is 169 Å². The van der Waals surface area contributed by atoms with Crippen molar-refractivity contribution in [2.45, 2.75) is 174 Å². The first kappa shape index (κ1) is 95.9. The Balaban J connectivity index is 0.000000148. The average Bonchev–Trinajstić information content (AvgIpc) is 0.858. The zero-order valence-electron chi connectivity index (χ0n) is 75.8. The van der Waals surface area contributed by atoms with Crippen LogP contribution in [0.15, 0.2) is 189 Å². The Bertz CT molecular complexity index is 4630. The summed E-state index contributed by atoms with van der Waals surface area (Å²) in [6.45, 7) is 17.7. The molecule has 28 heteroatoms. The molecule has 16 rings (SSSR count). The second kappa shape index (κ2) is 51.6. The Kier molecular flexibility index (Phi) is 38.1. The van der Waals surface area contributed by atoms with Crippen molar-refractivity contribution in [1.29, 1.82) is 0 Å². The number of anilines is 4. The molecule has 4 aromatic heterocycles. The van der Waals surface area contributed by atoms with Gasteiger partial charge in [0, 0.05) is 207 Å². The van der Waals surface area contributed by atoms with Gasteiger partial charge in [0.15, 0.2) is 0 Å². The van der Waals surface area contributed by atoms with Crippen molar-refractivity contribution in [3.05, 3.63) is 217 Å². The summed E-state index contributed by atoms with van der Waals surface area (Å²) < 4.78 is 22.2. The van der Waals surface area contributed by atoms with Crippen LogP contribution in [-0.2, 0) is 45.0 Å². The zero-order chi connectivity index (χ0) is 90.3. The van der Waals surface area contributed by atoms with Crippen LogP contribution in [0.5, 0.6) is 23.0 Å². The summed E-state index contributed by atoms with van der Waals surface area (Å²) in [6.07, 6.45) is 34.8. The van der Waals surface area contributed by atoms with E-state index in [1.807, 2.05) is 68.0 Å². The number of piperazine rings is 4. The Labute approximate surface area is 766 Å². The Morgan fingerprint density at radius 3 is 0.938 bits per heavy atom. The monoisotopic (exact) mass is 1770 g/mol. The first-order chi connectivity index (χ1) is 63.6. The summed E-state index contributed by atoms with van der Waals surface area (Å²) in [5.41, 5.74) is 8.64. The number of ether oxygens (including phenoxy) is 4. The summed E-state index contributed by atoms with van der Waals surface area (Å²) in [5.74, 6) is 2.80. The van der Waals surface area contributed by atoms with Gasteiger partial charge in [-0.25, -0.2) is 19.2 Å². The fraction of sp³-hybridized carbons (Fsp3) is 0.490. The first-order valence-electron chi connectivity index (χ1n) is 47.6. The minimum absolute atomic E-state index is 0.0909. The number of amides is 8. The first-order valence-corrected chi connectivity index (χ1v) is 47.6. The second-order valence-electron chi connectivity index (χ2n) is 35.4. The molecule has 4 aliphatic carbocycles. The fourth-order valence-corrected chi connectivity index (χ4v) is 17.9. The van der Waals surface area contributed by atoms with E-state index in [2.05, 4.69) is 79.0 Å². The van der Waals surface area contributed by atoms with Gasteiger partial charge >= 0.3 is 24.4 Å². The maximum atomic E-state index is 12.6. The van der Waals surface area contributed by atoms with Gasteiger partial charge in [0.2, 0.25) is 23.6 Å². The van der Waals surface area contributed by atoms with Crippen molar-refractivity contribution < 1.29 is 57.3 Å². The largest absolute Gasteiger partial charge is 0.415 e. The predicted octanol–water partition coefficient (Wildman–Crippen LogP) is 16.9. The van der Waals surface area contributed by atoms with E-state index in [9.17, 15) is 38.4 Å². The SMILES string of the molecule is Cc1cccc(CN2CCN(C(=O)Oc3ccc(NC(=O)C4CCCCC4)cc3)CC2)n1.O=C(Nc1ccc(OC(=O)N2CCN(CCCc3ccccn3)CC2)cc1)C1CCCCC1.O=C(Nc1ccc(OC(=O)N2CCN(CCCc3cccnc3)CC2)cc1)C1CCCCC1.O=C(Nc1ccc(OC(=O)N2CCN(CCc3cccnc3)CC2)cc1)C1CCCCC1. The topological polar surface area (TPSA) is 299 Å². The molecule has 0 bridgehead atoms. The van der Waals surface area contributed by atoms with Crippen LogP contribution in [0.4, 0.5) is 41.9 Å². The van der Waals surface area contributed by atoms with Gasteiger partial charge in [-0.3, -0.25) is 58.7 Å². The van der Waals surface area contributed by atoms with Gasteiger partial charge in [-0.2, -0.15) is 0 Å². The highest BCUT2D eigenvalue weighted by Gasteiger charge is 2.31. The standard InChI is InChI=1S/2C26H34N4O3.2C25H32N4O3/c31-25(22-8-2-1-3-9-22)28-23-10-12-24(13-11-23)33-26(32)30-18-16-29(17-19-30)15-5-7-21-6-4-14-27-20-21;31-25(21-7-2-1-3-8-21)28-23-11-13-24(14-12-23)33-26(32)30-19-17-29(18-20-30)16-6-10-22-9-4-5-15-27-22;1-19-6-5-9-22(26-19)18-28-14-16-29(17-15-28)25(31)32-23-12-10-21(11-13-23)27-24(30)20-7-3-2-4-8-20;30-24(21-6-2-1-3-7-21)27-22-8-10-23(11-9-22)32-25(31)29-17-15-28(16-18-29)14-12-20-5-4-13-26-19-20/h4,6,10-14,20,22H,1-3,5,7-9,15-19H2,(H,28,31);4-5,9,11-15,21H,1-3,6-8,10,16-20H2,(H,28,31);5-6,9-13,20H,2-4,7-8,14-18H2,1H3,(H,27,30);4-5,8-11,13,19,21H,1-3,6-7,12,14-18H2,(H,27,30). The molecule has 0 atom stereocenters. The zero-order valence-corrected chi connectivity index (χ0v) is 75.8. The Morgan fingerprint density at radius 1 is 0.308 bits per heavy atom. The van der Waals surface area contributed by atoms with E-state index in [0.29, 0.717) is 75.4 Å². The number of carbonyl (C=O) groups is 8. The molecule has 0 radical (unpaired) electrons. The van der Waals surface area contributed by atoms with Gasteiger partial charge in [-0.05, 0) is 248 Å². The number of rotatable bonds is 25. The van der Waals surface area contributed by atoms with Gasteiger partial charge in [0.25, 0.3) is 0 Å². The number of aromatic nitrogens is 4. The van der Waals surface area contributed by atoms with Gasteiger partial charge in [-0.1, -0.05) is 101 Å². The van der Waals surface area contributed by atoms with Crippen molar-refractivity contribution >= 4 is 70.8 Å². The van der Waals surface area contributed by atoms with Gasteiger partial charge in [-0.15, -0.1) is 0 Å². The van der Waals surface area contributed by atoms with Crippen molar-refractivity contribution in [2.75, 3.05) is 146 Å². The molecule has 8 heterocycles. The van der Waals surface area contributed by atoms with E-state index < -0.39 is 0 Å². The highest BCUT2D eigenvalue weighted by Crippen LogP contribution is 2.32. The molecule has 0 spiro atoms. The van der Waals surface area contributed by atoms with E-state index in [0.717, 1.165) is 253 Å². The summed E-state index contributed by atoms with van der Waals surface area (Å²) in [6, 6.07) is 48.4. The lowest BCUT2D eigenvalue weighted by Crippen LogP contribution is -2.49. The third kappa shape index (κ3) is 32.1. The van der Waals surface area contributed by atoms with Crippen LogP contribution in [0.3, 0.4) is 0 Å². The summed E-state index contributed by atoms with van der Waals surface area (Å²) >= 11 is 0. The second-order valence-corrected chi connectivity index (χ2v) is 35.4. The molecule has 4 saturated carbocycles. The van der Waals surface area contributed by atoms with E-state index in [1.165, 1.54) is 36.8 Å². The van der Waals surface area contributed by atoms with Gasteiger partial charge in [0.05, 0.1) is 5.69 Å². The molecule has 8 aromatic rings. The van der Waals surface area contributed by atoms with E-state index in [-0.39, 0.29) is 71.7 Å². The molecular weight excluding hydrogens is 1640 g/mol. The lowest BCUT2D eigenvalue weighted by atomic mass is 9.88. The molecule has 4 aromatic carbocycles. The van der Waals surface area contributed by atoms with Crippen LogP contribution in [-0.4, -0.2) is 231 Å². The number of carbonyl (C=O) groups excluding carboxylic acids is 8. The van der Waals surface area contributed by atoms with Gasteiger partial charge < -0.3 is 59.8 Å². The van der Waals surface area contributed by atoms with Crippen LogP contribution in [0, 0.1) is 30.6 Å². The fourth-order valence-electron chi connectivity index (χ4n) is 17.9. The molecular formula is C102H132N16O12. The number of nitrogens with zero attached hydrogens (tertiary/aromatic N) is 12. The van der Waals surface area contributed by atoms with Crippen LogP contribution in [0.2, 0.25) is 0 Å². The molecule has 8 aliphatic rings. The van der Waals surface area contributed by atoms with Crippen molar-refractivity contribution in [1.82, 2.24) is 59.1 Å². The van der Waals surface area contributed by atoms with Crippen molar-refractivity contribution in [2.24, 2.45) is 23.7 Å². The normalized spacial score (nSPS) is 17.6. The van der Waals surface area contributed by atoms with Crippen LogP contribution < -0.4 is 40.2 Å². The Morgan fingerprint density at radius 2 is 0.623 bits per heavy atom. The number of aryl methyl sites for hydroxylation is 3. The van der Waals surface area contributed by atoms with Crippen LogP contribution in [0.25, 0.3) is 0 Å². The lowest BCUT2D eigenvalue weighted by Gasteiger charge is -2.34. The molecule has 692 valence electrons. The van der Waals surface area contributed by atoms with Crippen molar-refractivity contribution in [3.8, 4) is 23.0 Å². The average molecular weight is 1770 g/mol. The minimum Gasteiger partial charge on any atom is -0.410 e. The highest BCUT2D eigenvalue weighted by atomic mass is 16.6. The predicted molar refractivity (Wildman–Crippen MR) is 504 cm³/mol. The molecule has 0 unspecified atom stereocenters. The maximum Gasteiger partial charge on any atom is 0.415 e. The number of benzene rings is 4. The van der Waals surface area contributed by atoms with E-state index in [4.69, 9.17) is 18.9 Å². The summed E-state index contributed by atoms with van der Waals surface area (Å²) in [7, 11) is 0. The van der Waals surface area contributed by atoms with E-state index in [1.54, 1.807) is 129 Å². The number of hydrogen-bond donors (Lipinski definition) is 4. The molecule has 130 heavy (non-hydrogen) atoms. The number of hydrogen-bond acceptors (Lipinski definition) is 20. The Hall–Kier alpha value is -11.7. The maximum absolute atomic E-state index is 12.6. The minimum atomic E-state index is -0.336. The molecule has 4 N–H and O–H groups in total. The molecule has 28 nitrogen and oxygen atoms in total. The molecule has 8 amide bonds. The molecule has 8 fully saturated rings. The summed E-state index contributed by atoms with van der Waals surface area (Å²) in [4.78, 5) is 133. The highest BCUT2D eigenvalue weighted by molar-refractivity contribution is 5.95. The number of nitrogens with one attached hydrogen (secondary N) is 4. The third-order valence-corrected chi connectivity index (χ3v) is 25.8. The quantitative estimate of drug-likeness (QED) is 0.0413. The van der Waals surface area contributed by atoms with Crippen LogP contribution >= 0.6 is 0 Å². The molecule has 4 saturated heterocycles. The van der Waals surface area contributed by atoms with Gasteiger partial charge in [0.1, 0.15) is 23.0 Å². The van der Waals surface area contributed by atoms with Crippen molar-refractivity contribution in [3.63, 3.8) is 0 Å². The smallest absolute Gasteiger partial charge is 0.410 e. The molecule has 4 aliphatic heterocycles. The summed E-state index contributed by atoms with van der Waals surface area (Å²) in [5, 5.41) is 11.9. The number of pyridine rings is 4. The lowest BCUT2D eigenvalue weighted by molar-refractivity contribution is -0.121.